The van der Waals surface area contributed by atoms with Gasteiger partial charge in [0.1, 0.15) is 6.10 Å². The number of fused-ring (bicyclic) bond motifs is 1. The molecular formula is C22H29N3O3. The topological polar surface area (TPSA) is 65.4 Å². The summed E-state index contributed by atoms with van der Waals surface area (Å²) in [5, 5.41) is 7.87. The van der Waals surface area contributed by atoms with E-state index in [1.165, 1.54) is 11.3 Å². The Hall–Kier alpha value is -2.18. The molecule has 1 aliphatic heterocycles. The molecule has 6 heteroatoms. The van der Waals surface area contributed by atoms with Crippen molar-refractivity contribution in [2.24, 2.45) is 5.92 Å². The minimum Gasteiger partial charge on any atom is -0.381 e. The highest BCUT2D eigenvalue weighted by atomic mass is 16.5. The molecule has 1 aliphatic carbocycles. The lowest BCUT2D eigenvalue weighted by Crippen LogP contribution is -2.44. The summed E-state index contributed by atoms with van der Waals surface area (Å²) >= 11 is 0. The number of methoxy groups -OCH3 is 1. The van der Waals surface area contributed by atoms with Crippen molar-refractivity contribution in [3.05, 3.63) is 53.3 Å². The van der Waals surface area contributed by atoms with E-state index >= 15 is 0 Å². The highest BCUT2D eigenvalue weighted by Crippen LogP contribution is 2.31. The Morgan fingerprint density at radius 2 is 2.07 bits per heavy atom. The van der Waals surface area contributed by atoms with Gasteiger partial charge in [0.05, 0.1) is 18.8 Å². The Morgan fingerprint density at radius 1 is 1.29 bits per heavy atom. The molecule has 0 spiro atoms. The van der Waals surface area contributed by atoms with Crippen molar-refractivity contribution >= 4 is 5.91 Å². The van der Waals surface area contributed by atoms with Crippen molar-refractivity contribution in [3.8, 4) is 0 Å². The van der Waals surface area contributed by atoms with Crippen LogP contribution in [0, 0.1) is 5.92 Å². The maximum Gasteiger partial charge on any atom is 0.249 e. The van der Waals surface area contributed by atoms with Gasteiger partial charge in [-0.2, -0.15) is 5.10 Å². The second-order valence-electron chi connectivity index (χ2n) is 7.75. The van der Waals surface area contributed by atoms with Crippen LogP contribution in [-0.4, -0.2) is 42.1 Å². The normalized spacial score (nSPS) is 21.1. The van der Waals surface area contributed by atoms with Gasteiger partial charge >= 0.3 is 0 Å². The number of amides is 1. The summed E-state index contributed by atoms with van der Waals surface area (Å²) in [6.45, 7) is 2.18. The van der Waals surface area contributed by atoms with Crippen LogP contribution in [0.1, 0.15) is 48.5 Å². The summed E-state index contributed by atoms with van der Waals surface area (Å²) in [6, 6.07) is 10.4. The summed E-state index contributed by atoms with van der Waals surface area (Å²) in [7, 11) is 1.63. The fourth-order valence-corrected chi connectivity index (χ4v) is 4.45. The van der Waals surface area contributed by atoms with Gasteiger partial charge in [0.2, 0.25) is 5.91 Å². The summed E-state index contributed by atoms with van der Waals surface area (Å²) < 4.78 is 13.1. The van der Waals surface area contributed by atoms with Gasteiger partial charge in [-0.05, 0) is 43.6 Å². The molecule has 6 nitrogen and oxygen atoms in total. The van der Waals surface area contributed by atoms with Crippen LogP contribution >= 0.6 is 0 Å². The summed E-state index contributed by atoms with van der Waals surface area (Å²) in [5.41, 5.74) is 3.62. The minimum atomic E-state index is -0.409. The first-order valence-corrected chi connectivity index (χ1v) is 10.3. The van der Waals surface area contributed by atoms with Crippen molar-refractivity contribution in [1.29, 1.82) is 0 Å². The van der Waals surface area contributed by atoms with Crippen molar-refractivity contribution in [2.45, 2.75) is 50.8 Å². The summed E-state index contributed by atoms with van der Waals surface area (Å²) in [5.74, 6) is 0.214. The largest absolute Gasteiger partial charge is 0.381 e. The van der Waals surface area contributed by atoms with Crippen LogP contribution in [0.2, 0.25) is 0 Å². The number of nitrogens with zero attached hydrogens (tertiary/aromatic N) is 2. The van der Waals surface area contributed by atoms with Crippen molar-refractivity contribution < 1.29 is 14.3 Å². The summed E-state index contributed by atoms with van der Waals surface area (Å²) in [4.78, 5) is 12.9. The van der Waals surface area contributed by atoms with Gasteiger partial charge in [-0.1, -0.05) is 30.3 Å². The smallest absolute Gasteiger partial charge is 0.249 e. The van der Waals surface area contributed by atoms with Crippen molar-refractivity contribution in [1.82, 2.24) is 15.1 Å². The zero-order valence-electron chi connectivity index (χ0n) is 16.5. The lowest BCUT2D eigenvalue weighted by molar-refractivity contribution is -0.137. The highest BCUT2D eigenvalue weighted by molar-refractivity contribution is 5.81. The third-order valence-corrected chi connectivity index (χ3v) is 5.96. The first-order chi connectivity index (χ1) is 13.8. The molecule has 2 atom stereocenters. The van der Waals surface area contributed by atoms with Gasteiger partial charge in [0.15, 0.2) is 0 Å². The van der Waals surface area contributed by atoms with Gasteiger partial charge in [-0.15, -0.1) is 0 Å². The fraction of sp³-hybridized carbons (Fsp3) is 0.545. The van der Waals surface area contributed by atoms with Gasteiger partial charge in [0.25, 0.3) is 0 Å². The minimum absolute atomic E-state index is 0.0111. The number of carbonyl (C=O) groups excluding carboxylic acids is 1. The number of rotatable bonds is 6. The van der Waals surface area contributed by atoms with Gasteiger partial charge in [-0.3, -0.25) is 9.48 Å². The number of nitrogens with one attached hydrogen (secondary N) is 1. The molecule has 1 aromatic heterocycles. The van der Waals surface area contributed by atoms with Crippen LogP contribution in [0.5, 0.6) is 0 Å². The second kappa shape index (κ2) is 8.88. The molecule has 1 fully saturated rings. The van der Waals surface area contributed by atoms with E-state index in [-0.39, 0.29) is 17.9 Å². The zero-order chi connectivity index (χ0) is 19.3. The van der Waals surface area contributed by atoms with E-state index in [9.17, 15) is 4.79 Å². The Balaban J connectivity index is 1.46. The lowest BCUT2D eigenvalue weighted by atomic mass is 9.90. The van der Waals surface area contributed by atoms with E-state index in [0.29, 0.717) is 13.2 Å². The highest BCUT2D eigenvalue weighted by Gasteiger charge is 2.33. The van der Waals surface area contributed by atoms with Crippen LogP contribution < -0.4 is 5.32 Å². The molecule has 2 heterocycles. The average molecular weight is 383 g/mol. The molecular weight excluding hydrogens is 354 g/mol. The number of aromatic nitrogens is 2. The monoisotopic (exact) mass is 383 g/mol. The number of hydrogen-bond acceptors (Lipinski definition) is 4. The summed E-state index contributed by atoms with van der Waals surface area (Å²) in [6.07, 6.45) is 6.26. The second-order valence-corrected chi connectivity index (χ2v) is 7.75. The molecule has 2 aromatic rings. The quantitative estimate of drug-likeness (QED) is 0.833. The third kappa shape index (κ3) is 4.13. The molecule has 150 valence electrons. The van der Waals surface area contributed by atoms with Gasteiger partial charge < -0.3 is 14.8 Å². The van der Waals surface area contributed by atoms with Crippen molar-refractivity contribution in [3.63, 3.8) is 0 Å². The molecule has 2 aliphatic rings. The first kappa shape index (κ1) is 19.2. The predicted octanol–water partition coefficient (Wildman–Crippen LogP) is 2.87. The lowest BCUT2D eigenvalue weighted by Gasteiger charge is -2.31. The number of ether oxygens (including phenoxy) is 2. The number of carbonyl (C=O) groups is 1. The maximum atomic E-state index is 12.9. The first-order valence-electron chi connectivity index (χ1n) is 10.3. The Morgan fingerprint density at radius 3 is 2.82 bits per heavy atom. The molecule has 1 amide bonds. The van der Waals surface area contributed by atoms with Gasteiger partial charge in [0, 0.05) is 31.6 Å². The third-order valence-electron chi connectivity index (χ3n) is 5.96. The molecule has 2 unspecified atom stereocenters. The van der Waals surface area contributed by atoms with E-state index in [1.807, 2.05) is 12.3 Å². The fourth-order valence-electron chi connectivity index (χ4n) is 4.45. The Kier molecular flexibility index (Phi) is 6.07. The van der Waals surface area contributed by atoms with Crippen LogP contribution in [0.25, 0.3) is 0 Å². The van der Waals surface area contributed by atoms with E-state index in [0.717, 1.165) is 44.2 Å². The molecule has 1 saturated heterocycles. The average Bonchev–Trinajstić information content (AvgIpc) is 3.14. The SMILES string of the molecule is COC(C(=O)NC1CCCc2c1cnn2Cc1ccccc1)C1CCOCC1. The van der Waals surface area contributed by atoms with E-state index < -0.39 is 6.10 Å². The standard InChI is InChI=1S/C22H29N3O3/c1-27-21(17-10-12-28-13-11-17)22(26)24-19-8-5-9-20-18(19)14-23-25(20)15-16-6-3-2-4-7-16/h2-4,6-7,14,17,19,21H,5,8-13,15H2,1H3,(H,24,26). The Bertz CT molecular complexity index is 784. The van der Waals surface area contributed by atoms with Crippen LogP contribution in [0.3, 0.4) is 0 Å². The zero-order valence-corrected chi connectivity index (χ0v) is 16.5. The number of benzene rings is 1. The van der Waals surface area contributed by atoms with E-state index in [2.05, 4.69) is 39.4 Å². The Labute approximate surface area is 166 Å². The van der Waals surface area contributed by atoms with Gasteiger partial charge in [-0.25, -0.2) is 0 Å². The maximum absolute atomic E-state index is 12.9. The molecule has 1 aromatic carbocycles. The van der Waals surface area contributed by atoms with E-state index in [4.69, 9.17) is 9.47 Å². The molecule has 0 radical (unpaired) electrons. The molecule has 4 rings (SSSR count). The predicted molar refractivity (Wildman–Crippen MR) is 106 cm³/mol. The molecule has 28 heavy (non-hydrogen) atoms. The number of hydrogen-bond donors (Lipinski definition) is 1. The van der Waals surface area contributed by atoms with E-state index in [1.54, 1.807) is 7.11 Å². The molecule has 0 saturated carbocycles. The van der Waals surface area contributed by atoms with Crippen LogP contribution in [0.4, 0.5) is 0 Å². The van der Waals surface area contributed by atoms with Crippen LogP contribution in [0.15, 0.2) is 36.5 Å². The molecule has 0 bridgehead atoms. The van der Waals surface area contributed by atoms with Crippen molar-refractivity contribution in [2.75, 3.05) is 20.3 Å². The molecule has 1 N–H and O–H groups in total. The van der Waals surface area contributed by atoms with Crippen LogP contribution in [-0.2, 0) is 27.2 Å².